The minimum absolute atomic E-state index is 0.424. The summed E-state index contributed by atoms with van der Waals surface area (Å²) in [5.41, 5.74) is 1.22. The first-order valence-electron chi connectivity index (χ1n) is 6.24. The van der Waals surface area contributed by atoms with Gasteiger partial charge >= 0.3 is 0 Å². The minimum atomic E-state index is 0.424. The van der Waals surface area contributed by atoms with E-state index in [4.69, 9.17) is 4.74 Å². The van der Waals surface area contributed by atoms with Crippen LogP contribution in [0.5, 0.6) is 0 Å². The Kier molecular flexibility index (Phi) is 2.60. The topological polar surface area (TPSA) is 21.3 Å². The second kappa shape index (κ2) is 4.10. The first-order chi connectivity index (χ1) is 7.90. The molecule has 16 heavy (non-hydrogen) atoms. The quantitative estimate of drug-likeness (QED) is 0.840. The number of ether oxygens (including phenoxy) is 1. The molecule has 2 nitrogen and oxygen atoms in total. The zero-order chi connectivity index (χ0) is 11.0. The fourth-order valence-corrected chi connectivity index (χ4v) is 3.47. The minimum Gasteiger partial charge on any atom is -0.379 e. The zero-order valence-corrected chi connectivity index (χ0v) is 9.73. The smallest absolute Gasteiger partial charge is 0.0806 e. The summed E-state index contributed by atoms with van der Waals surface area (Å²) in [4.78, 5) is 0. The molecule has 1 N–H and O–H groups in total. The van der Waals surface area contributed by atoms with Crippen molar-refractivity contribution in [1.29, 1.82) is 0 Å². The van der Waals surface area contributed by atoms with Crippen molar-refractivity contribution < 1.29 is 4.74 Å². The van der Waals surface area contributed by atoms with Crippen LogP contribution < -0.4 is 5.32 Å². The van der Waals surface area contributed by atoms with Crippen molar-refractivity contribution in [3.8, 4) is 0 Å². The highest BCUT2D eigenvalue weighted by Crippen LogP contribution is 2.49. The molecule has 0 heterocycles. The average Bonchev–Trinajstić information content (AvgIpc) is 2.73. The molecule has 4 atom stereocenters. The number of para-hydroxylation sites is 1. The molecule has 2 heteroatoms. The maximum absolute atomic E-state index is 5.62. The van der Waals surface area contributed by atoms with Gasteiger partial charge in [0.15, 0.2) is 0 Å². The van der Waals surface area contributed by atoms with E-state index >= 15 is 0 Å². The van der Waals surface area contributed by atoms with Gasteiger partial charge in [-0.05, 0) is 36.8 Å². The fraction of sp³-hybridized carbons (Fsp3) is 0.571. The third kappa shape index (κ3) is 1.52. The van der Waals surface area contributed by atoms with Crippen LogP contribution in [0, 0.1) is 11.8 Å². The molecule has 0 saturated heterocycles. The summed E-state index contributed by atoms with van der Waals surface area (Å²) in [5, 5.41) is 3.63. The Bertz CT molecular complexity index is 351. The van der Waals surface area contributed by atoms with Gasteiger partial charge in [-0.3, -0.25) is 0 Å². The lowest BCUT2D eigenvalue weighted by Gasteiger charge is -2.48. The van der Waals surface area contributed by atoms with Crippen LogP contribution in [0.4, 0.5) is 5.69 Å². The summed E-state index contributed by atoms with van der Waals surface area (Å²) in [7, 11) is 1.85. The zero-order valence-electron chi connectivity index (χ0n) is 9.73. The number of hydrogen-bond donors (Lipinski definition) is 1. The summed E-state index contributed by atoms with van der Waals surface area (Å²) in [6.45, 7) is 0. The van der Waals surface area contributed by atoms with Crippen LogP contribution in [0.1, 0.15) is 19.3 Å². The van der Waals surface area contributed by atoms with Crippen molar-refractivity contribution in [3.05, 3.63) is 30.3 Å². The van der Waals surface area contributed by atoms with Gasteiger partial charge in [-0.25, -0.2) is 0 Å². The highest BCUT2D eigenvalue weighted by molar-refractivity contribution is 5.45. The fourth-order valence-electron chi connectivity index (χ4n) is 3.47. The van der Waals surface area contributed by atoms with Crippen LogP contribution in [0.2, 0.25) is 0 Å². The molecule has 0 radical (unpaired) electrons. The molecule has 0 amide bonds. The van der Waals surface area contributed by atoms with E-state index in [1.54, 1.807) is 0 Å². The highest BCUT2D eigenvalue weighted by atomic mass is 16.5. The van der Waals surface area contributed by atoms with Gasteiger partial charge in [0, 0.05) is 12.8 Å². The van der Waals surface area contributed by atoms with Gasteiger partial charge in [-0.1, -0.05) is 24.6 Å². The Morgan fingerprint density at radius 2 is 1.88 bits per heavy atom. The Morgan fingerprint density at radius 1 is 1.12 bits per heavy atom. The van der Waals surface area contributed by atoms with E-state index < -0.39 is 0 Å². The lowest BCUT2D eigenvalue weighted by Crippen LogP contribution is -2.57. The van der Waals surface area contributed by atoms with E-state index in [2.05, 4.69) is 35.6 Å². The van der Waals surface area contributed by atoms with Gasteiger partial charge in [-0.2, -0.15) is 0 Å². The number of fused-ring (bicyclic) bond motifs is 1. The number of benzene rings is 1. The second-order valence-corrected chi connectivity index (χ2v) is 5.00. The number of anilines is 1. The monoisotopic (exact) mass is 217 g/mol. The lowest BCUT2D eigenvalue weighted by atomic mass is 9.68. The van der Waals surface area contributed by atoms with E-state index in [1.807, 2.05) is 7.11 Å². The first-order valence-corrected chi connectivity index (χ1v) is 6.24. The molecule has 2 aliphatic rings. The summed E-state index contributed by atoms with van der Waals surface area (Å²) < 4.78 is 5.62. The molecule has 0 spiro atoms. The molecule has 3 rings (SSSR count). The Balaban J connectivity index is 1.71. The van der Waals surface area contributed by atoms with Crippen LogP contribution >= 0.6 is 0 Å². The number of hydrogen-bond acceptors (Lipinski definition) is 2. The van der Waals surface area contributed by atoms with Crippen molar-refractivity contribution >= 4 is 5.69 Å². The lowest BCUT2D eigenvalue weighted by molar-refractivity contribution is -0.0608. The van der Waals surface area contributed by atoms with Gasteiger partial charge in [-0.15, -0.1) is 0 Å². The van der Waals surface area contributed by atoms with Crippen LogP contribution in [-0.4, -0.2) is 19.3 Å². The standard InChI is InChI=1S/C14H19NO/c1-16-14-12-9-5-8-11(12)13(14)15-10-6-3-2-4-7-10/h2-4,6-7,11-15H,5,8-9H2,1H3. The largest absolute Gasteiger partial charge is 0.379 e. The van der Waals surface area contributed by atoms with E-state index in [1.165, 1.54) is 24.9 Å². The molecular weight excluding hydrogens is 198 g/mol. The van der Waals surface area contributed by atoms with Gasteiger partial charge in [0.1, 0.15) is 0 Å². The van der Waals surface area contributed by atoms with E-state index in [0.717, 1.165) is 11.8 Å². The summed E-state index contributed by atoms with van der Waals surface area (Å²) >= 11 is 0. The molecule has 2 fully saturated rings. The summed E-state index contributed by atoms with van der Waals surface area (Å²) in [5.74, 6) is 1.65. The molecule has 1 aromatic rings. The highest BCUT2D eigenvalue weighted by Gasteiger charge is 2.52. The maximum Gasteiger partial charge on any atom is 0.0806 e. The van der Waals surface area contributed by atoms with Crippen LogP contribution in [0.25, 0.3) is 0 Å². The molecule has 2 aliphatic carbocycles. The van der Waals surface area contributed by atoms with E-state index in [0.29, 0.717) is 12.1 Å². The number of rotatable bonds is 3. The SMILES string of the molecule is COC1C2CCCC2C1Nc1ccccc1. The second-order valence-electron chi connectivity index (χ2n) is 5.00. The maximum atomic E-state index is 5.62. The first kappa shape index (κ1) is 10.2. The van der Waals surface area contributed by atoms with E-state index in [9.17, 15) is 0 Å². The van der Waals surface area contributed by atoms with Gasteiger partial charge in [0.25, 0.3) is 0 Å². The Morgan fingerprint density at radius 3 is 2.62 bits per heavy atom. The van der Waals surface area contributed by atoms with Gasteiger partial charge < -0.3 is 10.1 Å². The predicted molar refractivity (Wildman–Crippen MR) is 65.5 cm³/mol. The van der Waals surface area contributed by atoms with Gasteiger partial charge in [0.05, 0.1) is 12.1 Å². The third-order valence-electron chi connectivity index (χ3n) is 4.24. The van der Waals surface area contributed by atoms with Crippen molar-refractivity contribution in [2.24, 2.45) is 11.8 Å². The van der Waals surface area contributed by atoms with Crippen LogP contribution in [-0.2, 0) is 4.74 Å². The summed E-state index contributed by atoms with van der Waals surface area (Å²) in [6, 6.07) is 11.0. The predicted octanol–water partition coefficient (Wildman–Crippen LogP) is 2.91. The molecular formula is C14H19NO. The third-order valence-corrected chi connectivity index (χ3v) is 4.24. The molecule has 86 valence electrons. The van der Waals surface area contributed by atoms with E-state index in [-0.39, 0.29) is 0 Å². The van der Waals surface area contributed by atoms with Crippen molar-refractivity contribution in [2.75, 3.05) is 12.4 Å². The molecule has 1 aromatic carbocycles. The Hall–Kier alpha value is -1.02. The van der Waals surface area contributed by atoms with Crippen molar-refractivity contribution in [1.82, 2.24) is 0 Å². The molecule has 0 bridgehead atoms. The molecule has 2 saturated carbocycles. The van der Waals surface area contributed by atoms with Crippen LogP contribution in [0.15, 0.2) is 30.3 Å². The van der Waals surface area contributed by atoms with Crippen molar-refractivity contribution in [2.45, 2.75) is 31.4 Å². The average molecular weight is 217 g/mol. The summed E-state index contributed by atoms with van der Waals surface area (Å²) in [6.07, 6.45) is 4.53. The molecule has 0 aliphatic heterocycles. The van der Waals surface area contributed by atoms with Gasteiger partial charge in [0.2, 0.25) is 0 Å². The molecule has 4 unspecified atom stereocenters. The normalized spacial score (nSPS) is 36.6. The molecule has 0 aromatic heterocycles. The Labute approximate surface area is 97.0 Å². The van der Waals surface area contributed by atoms with Crippen molar-refractivity contribution in [3.63, 3.8) is 0 Å². The van der Waals surface area contributed by atoms with Crippen LogP contribution in [0.3, 0.4) is 0 Å². The number of nitrogens with one attached hydrogen (secondary N) is 1. The number of methoxy groups -OCH3 is 1.